The number of likely N-dealkylation sites (tertiary alicyclic amines) is 1. The van der Waals surface area contributed by atoms with E-state index >= 15 is 0 Å². The number of aliphatic hydroxyl groups is 1. The van der Waals surface area contributed by atoms with Crippen molar-refractivity contribution in [3.63, 3.8) is 0 Å². The van der Waals surface area contributed by atoms with Gasteiger partial charge in [0.2, 0.25) is 0 Å². The SMILES string of the molecule is CCOCC(O)CN1CCC(C(=O)OCC)CC1. The third-order valence-electron chi connectivity index (χ3n) is 3.19. The molecule has 0 amide bonds. The predicted molar refractivity (Wildman–Crippen MR) is 68.3 cm³/mol. The number of rotatable bonds is 7. The fourth-order valence-electron chi connectivity index (χ4n) is 2.22. The van der Waals surface area contributed by atoms with Gasteiger partial charge in [0.15, 0.2) is 0 Å². The van der Waals surface area contributed by atoms with E-state index < -0.39 is 6.10 Å². The van der Waals surface area contributed by atoms with Crippen LogP contribution in [0.4, 0.5) is 0 Å². The summed E-state index contributed by atoms with van der Waals surface area (Å²) in [5, 5.41) is 9.73. The van der Waals surface area contributed by atoms with Crippen molar-refractivity contribution < 1.29 is 19.4 Å². The molecule has 0 saturated carbocycles. The molecule has 0 aliphatic carbocycles. The maximum Gasteiger partial charge on any atom is 0.309 e. The lowest BCUT2D eigenvalue weighted by Crippen LogP contribution is -2.42. The van der Waals surface area contributed by atoms with Crippen LogP contribution < -0.4 is 0 Å². The summed E-state index contributed by atoms with van der Waals surface area (Å²) in [5.41, 5.74) is 0. The molecule has 0 aromatic heterocycles. The minimum absolute atomic E-state index is 0.0326. The normalized spacial score (nSPS) is 19.7. The number of ether oxygens (including phenoxy) is 2. The zero-order valence-corrected chi connectivity index (χ0v) is 11.4. The van der Waals surface area contributed by atoms with E-state index in [2.05, 4.69) is 4.90 Å². The van der Waals surface area contributed by atoms with Crippen molar-refractivity contribution in [3.8, 4) is 0 Å². The van der Waals surface area contributed by atoms with Crippen LogP contribution in [-0.4, -0.2) is 61.5 Å². The summed E-state index contributed by atoms with van der Waals surface area (Å²) >= 11 is 0. The van der Waals surface area contributed by atoms with E-state index in [9.17, 15) is 9.90 Å². The van der Waals surface area contributed by atoms with Gasteiger partial charge in [-0.05, 0) is 39.8 Å². The minimum atomic E-state index is -0.441. The first-order chi connectivity index (χ1) is 8.67. The summed E-state index contributed by atoms with van der Waals surface area (Å²) in [7, 11) is 0. The van der Waals surface area contributed by atoms with Crippen molar-refractivity contribution in [1.29, 1.82) is 0 Å². The average Bonchev–Trinajstić information content (AvgIpc) is 2.37. The lowest BCUT2D eigenvalue weighted by atomic mass is 9.97. The van der Waals surface area contributed by atoms with Gasteiger partial charge in [-0.15, -0.1) is 0 Å². The van der Waals surface area contributed by atoms with E-state index in [1.165, 1.54) is 0 Å². The molecule has 1 fully saturated rings. The number of β-amino-alcohol motifs (C(OH)–C–C–N with tert-alkyl or cyclic N) is 1. The average molecular weight is 259 g/mol. The lowest BCUT2D eigenvalue weighted by molar-refractivity contribution is -0.149. The summed E-state index contributed by atoms with van der Waals surface area (Å²) in [6.07, 6.45) is 1.20. The molecule has 1 N–H and O–H groups in total. The number of nitrogens with zero attached hydrogens (tertiary/aromatic N) is 1. The van der Waals surface area contributed by atoms with Gasteiger partial charge in [0.1, 0.15) is 0 Å². The van der Waals surface area contributed by atoms with E-state index in [0.717, 1.165) is 25.9 Å². The molecular formula is C13H25NO4. The van der Waals surface area contributed by atoms with Crippen LogP contribution >= 0.6 is 0 Å². The second kappa shape index (κ2) is 8.45. The Morgan fingerprint density at radius 3 is 2.56 bits per heavy atom. The Hall–Kier alpha value is -0.650. The van der Waals surface area contributed by atoms with Crippen LogP contribution in [0.25, 0.3) is 0 Å². The molecule has 0 bridgehead atoms. The first kappa shape index (κ1) is 15.4. The Balaban J connectivity index is 2.20. The molecule has 1 heterocycles. The molecule has 1 saturated heterocycles. The molecule has 5 heteroatoms. The van der Waals surface area contributed by atoms with Crippen molar-refractivity contribution in [2.75, 3.05) is 39.5 Å². The van der Waals surface area contributed by atoms with E-state index in [-0.39, 0.29) is 11.9 Å². The second-order valence-corrected chi connectivity index (χ2v) is 4.64. The second-order valence-electron chi connectivity index (χ2n) is 4.64. The number of carbonyl (C=O) groups excluding carboxylic acids is 1. The van der Waals surface area contributed by atoms with Gasteiger partial charge in [-0.1, -0.05) is 0 Å². The third-order valence-corrected chi connectivity index (χ3v) is 3.19. The molecule has 106 valence electrons. The standard InChI is InChI=1S/C13H25NO4/c1-3-17-10-12(15)9-14-7-5-11(6-8-14)13(16)18-4-2/h11-12,15H,3-10H2,1-2H3. The Kier molecular flexibility index (Phi) is 7.23. The molecule has 0 aromatic rings. The predicted octanol–water partition coefficient (Wildman–Crippen LogP) is 0.659. The van der Waals surface area contributed by atoms with Gasteiger partial charge in [0, 0.05) is 13.2 Å². The Morgan fingerprint density at radius 2 is 2.00 bits per heavy atom. The summed E-state index contributed by atoms with van der Waals surface area (Å²) in [5.74, 6) is -0.0442. The quantitative estimate of drug-likeness (QED) is 0.681. The first-order valence-corrected chi connectivity index (χ1v) is 6.82. The third kappa shape index (κ3) is 5.33. The number of hydrogen-bond donors (Lipinski definition) is 1. The fraction of sp³-hybridized carbons (Fsp3) is 0.923. The number of carbonyl (C=O) groups is 1. The van der Waals surface area contributed by atoms with Gasteiger partial charge in [-0.2, -0.15) is 0 Å². The van der Waals surface area contributed by atoms with E-state index in [4.69, 9.17) is 9.47 Å². The molecule has 1 aliphatic rings. The maximum atomic E-state index is 11.6. The molecule has 0 aromatic carbocycles. The maximum absolute atomic E-state index is 11.6. The van der Waals surface area contributed by atoms with Gasteiger partial charge < -0.3 is 19.5 Å². The Labute approximate surface area is 109 Å². The Morgan fingerprint density at radius 1 is 1.33 bits per heavy atom. The number of aliphatic hydroxyl groups excluding tert-OH is 1. The van der Waals surface area contributed by atoms with Crippen molar-refractivity contribution in [2.24, 2.45) is 5.92 Å². The van der Waals surface area contributed by atoms with E-state index in [0.29, 0.717) is 26.4 Å². The molecule has 1 atom stereocenters. The van der Waals surface area contributed by atoms with Crippen LogP contribution in [0.15, 0.2) is 0 Å². The number of hydrogen-bond acceptors (Lipinski definition) is 5. The molecule has 0 spiro atoms. The van der Waals surface area contributed by atoms with Crippen LogP contribution in [0.3, 0.4) is 0 Å². The van der Waals surface area contributed by atoms with Crippen LogP contribution in [-0.2, 0) is 14.3 Å². The summed E-state index contributed by atoms with van der Waals surface area (Å²) in [6.45, 7) is 7.51. The summed E-state index contributed by atoms with van der Waals surface area (Å²) in [4.78, 5) is 13.7. The van der Waals surface area contributed by atoms with Gasteiger partial charge in [0.25, 0.3) is 0 Å². The highest BCUT2D eigenvalue weighted by atomic mass is 16.5. The highest BCUT2D eigenvalue weighted by Gasteiger charge is 2.26. The van der Waals surface area contributed by atoms with E-state index in [1.54, 1.807) is 0 Å². The summed E-state index contributed by atoms with van der Waals surface area (Å²) in [6, 6.07) is 0. The van der Waals surface area contributed by atoms with Gasteiger partial charge >= 0.3 is 5.97 Å². The van der Waals surface area contributed by atoms with Crippen LogP contribution in [0.1, 0.15) is 26.7 Å². The zero-order chi connectivity index (χ0) is 13.4. The summed E-state index contributed by atoms with van der Waals surface area (Å²) < 4.78 is 10.2. The number of esters is 1. The molecule has 1 rings (SSSR count). The Bertz CT molecular complexity index is 239. The van der Waals surface area contributed by atoms with Gasteiger partial charge in [0.05, 0.1) is 25.2 Å². The van der Waals surface area contributed by atoms with Crippen molar-refractivity contribution in [1.82, 2.24) is 4.90 Å². The van der Waals surface area contributed by atoms with Crippen molar-refractivity contribution >= 4 is 5.97 Å². The van der Waals surface area contributed by atoms with E-state index in [1.807, 2.05) is 13.8 Å². The molecule has 1 unspecified atom stereocenters. The van der Waals surface area contributed by atoms with Crippen LogP contribution in [0.5, 0.6) is 0 Å². The fourth-order valence-corrected chi connectivity index (χ4v) is 2.22. The van der Waals surface area contributed by atoms with Crippen LogP contribution in [0.2, 0.25) is 0 Å². The molecule has 5 nitrogen and oxygen atoms in total. The monoisotopic (exact) mass is 259 g/mol. The zero-order valence-electron chi connectivity index (χ0n) is 11.4. The molecule has 18 heavy (non-hydrogen) atoms. The van der Waals surface area contributed by atoms with Crippen molar-refractivity contribution in [2.45, 2.75) is 32.8 Å². The largest absolute Gasteiger partial charge is 0.466 e. The smallest absolute Gasteiger partial charge is 0.309 e. The molecule has 0 radical (unpaired) electrons. The highest BCUT2D eigenvalue weighted by molar-refractivity contribution is 5.72. The highest BCUT2D eigenvalue weighted by Crippen LogP contribution is 2.18. The van der Waals surface area contributed by atoms with Gasteiger partial charge in [-0.3, -0.25) is 4.79 Å². The minimum Gasteiger partial charge on any atom is -0.466 e. The lowest BCUT2D eigenvalue weighted by Gasteiger charge is -2.32. The van der Waals surface area contributed by atoms with Gasteiger partial charge in [-0.25, -0.2) is 0 Å². The van der Waals surface area contributed by atoms with Crippen LogP contribution in [0, 0.1) is 5.92 Å². The molecular weight excluding hydrogens is 234 g/mol. The van der Waals surface area contributed by atoms with Crippen molar-refractivity contribution in [3.05, 3.63) is 0 Å². The molecule has 1 aliphatic heterocycles. The number of piperidine rings is 1. The first-order valence-electron chi connectivity index (χ1n) is 6.82. The topological polar surface area (TPSA) is 59.0 Å².